The number of rotatable bonds is 12. The summed E-state index contributed by atoms with van der Waals surface area (Å²) >= 11 is 12.2. The number of piperidine rings is 1. The van der Waals surface area contributed by atoms with Crippen molar-refractivity contribution in [1.82, 2.24) is 14.5 Å². The lowest BCUT2D eigenvalue weighted by Gasteiger charge is -2.32. The maximum atomic E-state index is 12.6. The van der Waals surface area contributed by atoms with Crippen molar-refractivity contribution in [3.8, 4) is 0 Å². The Hall–Kier alpha value is -0.940. The molecular weight excluding hydrogens is 477 g/mol. The molecule has 0 atom stereocenters. The van der Waals surface area contributed by atoms with Crippen molar-refractivity contribution in [2.45, 2.75) is 30.8 Å². The van der Waals surface area contributed by atoms with Crippen LogP contribution in [0, 0.1) is 5.92 Å². The topological polar surface area (TPSA) is 88.2 Å². The van der Waals surface area contributed by atoms with E-state index in [0.29, 0.717) is 11.5 Å². The van der Waals surface area contributed by atoms with Crippen molar-refractivity contribution in [2.24, 2.45) is 5.92 Å². The average Bonchev–Trinajstić information content (AvgIpc) is 2.71. The summed E-state index contributed by atoms with van der Waals surface area (Å²) in [5.74, 6) is 0.581. The summed E-state index contributed by atoms with van der Waals surface area (Å²) in [4.78, 5) is 16.1. The summed E-state index contributed by atoms with van der Waals surface area (Å²) in [6, 6.07) is 3.01. The minimum atomic E-state index is -3.93. The van der Waals surface area contributed by atoms with Crippen LogP contribution in [0.15, 0.2) is 17.0 Å². The van der Waals surface area contributed by atoms with Crippen LogP contribution >= 0.6 is 23.2 Å². The second kappa shape index (κ2) is 13.1. The van der Waals surface area contributed by atoms with Crippen molar-refractivity contribution >= 4 is 39.1 Å². The Morgan fingerprint density at radius 3 is 2.41 bits per heavy atom. The summed E-state index contributed by atoms with van der Waals surface area (Å²) in [5, 5.41) is 0.0317. The Morgan fingerprint density at radius 2 is 1.84 bits per heavy atom. The molecule has 1 N–H and O–H groups in total. The molecule has 0 saturated carbocycles. The minimum Gasteiger partial charge on any atom is -0.380 e. The predicted molar refractivity (Wildman–Crippen MR) is 126 cm³/mol. The average molecular weight is 510 g/mol. The van der Waals surface area contributed by atoms with Crippen LogP contribution in [-0.2, 0) is 30.9 Å². The van der Waals surface area contributed by atoms with Crippen molar-refractivity contribution in [3.05, 3.63) is 27.7 Å². The normalized spacial score (nSPS) is 15.5. The van der Waals surface area contributed by atoms with Crippen LogP contribution in [-0.4, -0.2) is 84.7 Å². The molecule has 0 radical (unpaired) electrons. The van der Waals surface area contributed by atoms with E-state index in [0.717, 1.165) is 38.9 Å². The smallest absolute Gasteiger partial charge is 0.248 e. The second-order valence-corrected chi connectivity index (χ2v) is 10.7. The summed E-state index contributed by atoms with van der Waals surface area (Å²) < 4.78 is 37.9. The molecule has 1 heterocycles. The number of nitrogens with one attached hydrogen (secondary N) is 1. The molecule has 0 unspecified atom stereocenters. The molecule has 182 valence electrons. The van der Waals surface area contributed by atoms with Crippen molar-refractivity contribution in [1.29, 1.82) is 0 Å². The number of hydrogen-bond donors (Lipinski definition) is 1. The summed E-state index contributed by atoms with van der Waals surface area (Å²) in [7, 11) is 1.73. The van der Waals surface area contributed by atoms with Gasteiger partial charge in [-0.05, 0) is 63.5 Å². The van der Waals surface area contributed by atoms with Gasteiger partial charge in [0, 0.05) is 26.7 Å². The third kappa shape index (κ3) is 8.44. The van der Waals surface area contributed by atoms with Crippen molar-refractivity contribution in [3.63, 3.8) is 0 Å². The van der Waals surface area contributed by atoms with Crippen LogP contribution in [0.3, 0.4) is 0 Å². The highest BCUT2D eigenvalue weighted by atomic mass is 35.5. The van der Waals surface area contributed by atoms with Crippen LogP contribution in [0.2, 0.25) is 10.0 Å². The van der Waals surface area contributed by atoms with Crippen LogP contribution < -0.4 is 4.72 Å². The predicted octanol–water partition coefficient (Wildman–Crippen LogP) is 2.63. The molecule has 8 nitrogen and oxygen atoms in total. The third-order valence-corrected chi connectivity index (χ3v) is 7.74. The largest absolute Gasteiger partial charge is 0.380 e. The molecule has 1 fully saturated rings. The first-order valence-electron chi connectivity index (χ1n) is 10.6. The first-order valence-corrected chi connectivity index (χ1v) is 12.8. The lowest BCUT2D eigenvalue weighted by molar-refractivity contribution is -0.137. The lowest BCUT2D eigenvalue weighted by atomic mass is 9.93. The number of carbonyl (C=O) groups excluding carboxylic acids is 1. The molecule has 1 aromatic carbocycles. The lowest BCUT2D eigenvalue weighted by Crippen LogP contribution is -2.41. The van der Waals surface area contributed by atoms with E-state index in [4.69, 9.17) is 32.7 Å². The highest BCUT2D eigenvalue weighted by Crippen LogP contribution is 2.31. The quantitative estimate of drug-likeness (QED) is 0.435. The summed E-state index contributed by atoms with van der Waals surface area (Å²) in [5.41, 5.74) is 0.671. The van der Waals surface area contributed by atoms with E-state index in [-0.39, 0.29) is 47.2 Å². The molecule has 1 aliphatic rings. The summed E-state index contributed by atoms with van der Waals surface area (Å²) in [6.07, 6.45) is 3.16. The van der Waals surface area contributed by atoms with Crippen LogP contribution in [0.5, 0.6) is 0 Å². The highest BCUT2D eigenvalue weighted by molar-refractivity contribution is 7.89. The Balaban J connectivity index is 1.73. The van der Waals surface area contributed by atoms with E-state index < -0.39 is 10.0 Å². The number of ether oxygens (including phenoxy) is 2. The number of methoxy groups -OCH3 is 1. The molecule has 0 aliphatic carbocycles. The molecule has 1 aliphatic heterocycles. The van der Waals surface area contributed by atoms with Gasteiger partial charge in [0.05, 0.1) is 23.3 Å². The number of nitrogens with zero attached hydrogens (tertiary/aromatic N) is 2. The van der Waals surface area contributed by atoms with E-state index in [9.17, 15) is 13.2 Å². The monoisotopic (exact) mass is 509 g/mol. The number of hydrogen-bond acceptors (Lipinski definition) is 6. The SMILES string of the molecule is COCc1cc(Cl)c(S(=O)(=O)NCCOCC(=O)N2CCC(CCN(C)C)CC2)c(Cl)c1. The van der Waals surface area contributed by atoms with E-state index in [1.165, 1.54) is 19.2 Å². The molecule has 0 bridgehead atoms. The van der Waals surface area contributed by atoms with Gasteiger partial charge in [-0.1, -0.05) is 23.2 Å². The van der Waals surface area contributed by atoms with Gasteiger partial charge in [0.2, 0.25) is 15.9 Å². The number of amides is 1. The Labute approximate surface area is 201 Å². The van der Waals surface area contributed by atoms with Gasteiger partial charge in [-0.15, -0.1) is 0 Å². The molecule has 11 heteroatoms. The molecule has 2 rings (SSSR count). The van der Waals surface area contributed by atoms with Crippen LogP contribution in [0.4, 0.5) is 0 Å². The van der Waals surface area contributed by atoms with Crippen molar-refractivity contribution < 1.29 is 22.7 Å². The fourth-order valence-electron chi connectivity index (χ4n) is 3.60. The second-order valence-electron chi connectivity index (χ2n) is 8.19. The van der Waals surface area contributed by atoms with E-state index in [2.05, 4.69) is 23.7 Å². The molecule has 1 amide bonds. The first-order chi connectivity index (χ1) is 15.1. The highest BCUT2D eigenvalue weighted by Gasteiger charge is 2.24. The molecule has 1 aromatic rings. The zero-order valence-corrected chi connectivity index (χ0v) is 21.2. The minimum absolute atomic E-state index is 0.00525. The number of benzene rings is 1. The fraction of sp³-hybridized carbons (Fsp3) is 0.667. The maximum absolute atomic E-state index is 12.6. The Morgan fingerprint density at radius 1 is 1.22 bits per heavy atom. The van der Waals surface area contributed by atoms with E-state index in [1.54, 1.807) is 0 Å². The van der Waals surface area contributed by atoms with Crippen LogP contribution in [0.25, 0.3) is 0 Å². The van der Waals surface area contributed by atoms with Crippen LogP contribution in [0.1, 0.15) is 24.8 Å². The van der Waals surface area contributed by atoms with Gasteiger partial charge in [-0.2, -0.15) is 0 Å². The molecule has 0 spiro atoms. The van der Waals surface area contributed by atoms with Gasteiger partial charge in [0.15, 0.2) is 0 Å². The van der Waals surface area contributed by atoms with Gasteiger partial charge in [0.25, 0.3) is 0 Å². The Kier molecular flexibility index (Phi) is 11.2. The standard InChI is InChI=1S/C21H33Cl2N3O5S/c1-25(2)8-4-16-5-9-26(10-6-16)20(27)15-31-11-7-24-32(28,29)21-18(22)12-17(14-30-3)13-19(21)23/h12-13,16,24H,4-11,14-15H2,1-3H3. The van der Waals surface area contributed by atoms with E-state index >= 15 is 0 Å². The van der Waals surface area contributed by atoms with Crippen molar-refractivity contribution in [2.75, 3.05) is 60.6 Å². The molecular formula is C21H33Cl2N3O5S. The number of likely N-dealkylation sites (tertiary alicyclic amines) is 1. The van der Waals surface area contributed by atoms with E-state index in [1.807, 2.05) is 4.90 Å². The molecule has 0 aromatic heterocycles. The molecule has 32 heavy (non-hydrogen) atoms. The number of halogens is 2. The van der Waals surface area contributed by atoms with Gasteiger partial charge >= 0.3 is 0 Å². The van der Waals surface area contributed by atoms with Gasteiger partial charge in [-0.25, -0.2) is 13.1 Å². The zero-order valence-electron chi connectivity index (χ0n) is 18.9. The van der Waals surface area contributed by atoms with Gasteiger partial charge in [0.1, 0.15) is 11.5 Å². The Bertz CT molecular complexity index is 836. The summed E-state index contributed by atoms with van der Waals surface area (Å²) in [6.45, 7) is 2.79. The van der Waals surface area contributed by atoms with Gasteiger partial charge in [-0.3, -0.25) is 4.79 Å². The van der Waals surface area contributed by atoms with Gasteiger partial charge < -0.3 is 19.3 Å². The maximum Gasteiger partial charge on any atom is 0.248 e. The zero-order chi connectivity index (χ0) is 23.7. The molecule has 1 saturated heterocycles. The number of sulfonamides is 1. The first kappa shape index (κ1) is 27.3. The number of carbonyl (C=O) groups is 1. The fourth-order valence-corrected chi connectivity index (χ4v) is 5.87. The third-order valence-electron chi connectivity index (χ3n) is 5.35.